The van der Waals surface area contributed by atoms with Crippen molar-refractivity contribution >= 4 is 21.5 Å². The fraction of sp³-hybridized carbons (Fsp3) is 0.556. The van der Waals surface area contributed by atoms with Crippen LogP contribution in [0.25, 0.3) is 0 Å². The van der Waals surface area contributed by atoms with Gasteiger partial charge in [0.2, 0.25) is 0 Å². The van der Waals surface area contributed by atoms with E-state index in [2.05, 4.69) is 15.5 Å². The van der Waals surface area contributed by atoms with E-state index in [1.54, 1.807) is 12.1 Å². The lowest BCUT2D eigenvalue weighted by molar-refractivity contribution is 0.571. The van der Waals surface area contributed by atoms with Crippen LogP contribution in [0.1, 0.15) is 13.3 Å². The predicted molar refractivity (Wildman–Crippen MR) is 61.7 cm³/mol. The second-order valence-corrected chi connectivity index (χ2v) is 6.56. The Hall–Kier alpha value is -1.37. The summed E-state index contributed by atoms with van der Waals surface area (Å²) in [5.41, 5.74) is 4.96. The molecule has 2 heterocycles. The third kappa shape index (κ3) is 2.41. The molecule has 0 amide bonds. The SMILES string of the molecule is CC1(Nc2ccc(N)nn2)CCS(=O)(=O)C1. The van der Waals surface area contributed by atoms with Crippen molar-refractivity contribution in [1.82, 2.24) is 10.2 Å². The lowest BCUT2D eigenvalue weighted by Crippen LogP contribution is -2.36. The molecule has 1 saturated heterocycles. The van der Waals surface area contributed by atoms with Gasteiger partial charge in [0.1, 0.15) is 11.6 Å². The molecule has 16 heavy (non-hydrogen) atoms. The summed E-state index contributed by atoms with van der Waals surface area (Å²) in [6, 6.07) is 3.32. The number of nitrogen functional groups attached to an aromatic ring is 1. The van der Waals surface area contributed by atoms with Crippen LogP contribution in [-0.2, 0) is 9.84 Å². The highest BCUT2D eigenvalue weighted by atomic mass is 32.2. The molecular formula is C9H14N4O2S. The molecule has 88 valence electrons. The number of sulfone groups is 1. The number of aromatic nitrogens is 2. The Morgan fingerprint density at radius 3 is 2.69 bits per heavy atom. The number of rotatable bonds is 2. The Labute approximate surface area is 94.2 Å². The van der Waals surface area contributed by atoms with Crippen LogP contribution in [0.3, 0.4) is 0 Å². The Morgan fingerprint density at radius 2 is 2.19 bits per heavy atom. The molecule has 1 atom stereocenters. The molecule has 1 aromatic rings. The lowest BCUT2D eigenvalue weighted by Gasteiger charge is -2.24. The Morgan fingerprint density at radius 1 is 1.44 bits per heavy atom. The van der Waals surface area contributed by atoms with Gasteiger partial charge in [-0.1, -0.05) is 0 Å². The van der Waals surface area contributed by atoms with E-state index >= 15 is 0 Å². The third-order valence-electron chi connectivity index (χ3n) is 2.62. The van der Waals surface area contributed by atoms with E-state index in [-0.39, 0.29) is 11.5 Å². The largest absolute Gasteiger partial charge is 0.382 e. The van der Waals surface area contributed by atoms with Crippen molar-refractivity contribution in [3.63, 3.8) is 0 Å². The monoisotopic (exact) mass is 242 g/mol. The molecule has 7 heteroatoms. The zero-order chi connectivity index (χ0) is 11.8. The van der Waals surface area contributed by atoms with Crippen molar-refractivity contribution < 1.29 is 8.42 Å². The maximum Gasteiger partial charge on any atom is 0.152 e. The van der Waals surface area contributed by atoms with Crippen molar-refractivity contribution in [3.05, 3.63) is 12.1 Å². The van der Waals surface area contributed by atoms with Gasteiger partial charge < -0.3 is 11.1 Å². The Bertz CT molecular complexity index is 485. The van der Waals surface area contributed by atoms with Crippen LogP contribution < -0.4 is 11.1 Å². The first-order chi connectivity index (χ1) is 7.39. The summed E-state index contributed by atoms with van der Waals surface area (Å²) in [6.07, 6.45) is 0.585. The zero-order valence-electron chi connectivity index (χ0n) is 8.97. The molecule has 2 rings (SSSR count). The highest BCUT2D eigenvalue weighted by molar-refractivity contribution is 7.91. The van der Waals surface area contributed by atoms with Crippen LogP contribution in [0.2, 0.25) is 0 Å². The molecule has 0 bridgehead atoms. The first kappa shape index (κ1) is 11.1. The van der Waals surface area contributed by atoms with E-state index in [9.17, 15) is 8.42 Å². The average Bonchev–Trinajstić information content (AvgIpc) is 2.45. The van der Waals surface area contributed by atoms with Crippen LogP contribution in [0.4, 0.5) is 11.6 Å². The van der Waals surface area contributed by atoms with E-state index in [1.807, 2.05) is 6.92 Å². The van der Waals surface area contributed by atoms with Gasteiger partial charge in [0.15, 0.2) is 9.84 Å². The standard InChI is InChI=1S/C9H14N4O2S/c1-9(4-5-16(14,15)6-9)11-8-3-2-7(10)12-13-8/h2-3H,4-6H2,1H3,(H2,10,12)(H,11,13). The minimum atomic E-state index is -2.92. The highest BCUT2D eigenvalue weighted by Crippen LogP contribution is 2.26. The Balaban J connectivity index is 2.13. The normalized spacial score (nSPS) is 27.8. The average molecular weight is 242 g/mol. The quantitative estimate of drug-likeness (QED) is 0.760. The van der Waals surface area contributed by atoms with Gasteiger partial charge in [-0.3, -0.25) is 0 Å². The topological polar surface area (TPSA) is 98.0 Å². The van der Waals surface area contributed by atoms with Gasteiger partial charge in [0, 0.05) is 0 Å². The molecule has 1 unspecified atom stereocenters. The molecule has 0 saturated carbocycles. The first-order valence-electron chi connectivity index (χ1n) is 4.96. The van der Waals surface area contributed by atoms with Crippen LogP contribution >= 0.6 is 0 Å². The van der Waals surface area contributed by atoms with Gasteiger partial charge in [-0.2, -0.15) is 0 Å². The Kier molecular flexibility index (Phi) is 2.49. The van der Waals surface area contributed by atoms with Crippen LogP contribution in [0.15, 0.2) is 12.1 Å². The summed E-state index contributed by atoms with van der Waals surface area (Å²) < 4.78 is 22.8. The number of nitrogens with two attached hydrogens (primary N) is 1. The fourth-order valence-electron chi connectivity index (χ4n) is 1.83. The molecule has 0 aliphatic carbocycles. The minimum Gasteiger partial charge on any atom is -0.382 e. The molecule has 0 spiro atoms. The minimum absolute atomic E-state index is 0.131. The number of anilines is 2. The van der Waals surface area contributed by atoms with Crippen molar-refractivity contribution in [2.24, 2.45) is 0 Å². The van der Waals surface area contributed by atoms with E-state index in [0.717, 1.165) is 0 Å². The molecule has 6 nitrogen and oxygen atoms in total. The summed E-state index contributed by atoms with van der Waals surface area (Å²) >= 11 is 0. The van der Waals surface area contributed by atoms with Crippen LogP contribution in [0, 0.1) is 0 Å². The number of hydrogen-bond donors (Lipinski definition) is 2. The zero-order valence-corrected chi connectivity index (χ0v) is 9.79. The molecule has 3 N–H and O–H groups in total. The summed E-state index contributed by atoms with van der Waals surface area (Å²) in [5.74, 6) is 1.24. The number of nitrogens with one attached hydrogen (secondary N) is 1. The van der Waals surface area contributed by atoms with E-state index < -0.39 is 15.4 Å². The van der Waals surface area contributed by atoms with E-state index in [1.165, 1.54) is 0 Å². The second-order valence-electron chi connectivity index (χ2n) is 4.37. The summed E-state index contributed by atoms with van der Waals surface area (Å²) in [5, 5.41) is 10.7. The smallest absolute Gasteiger partial charge is 0.152 e. The van der Waals surface area contributed by atoms with Crippen molar-refractivity contribution in [2.75, 3.05) is 22.6 Å². The molecular weight excluding hydrogens is 228 g/mol. The molecule has 1 aliphatic rings. The van der Waals surface area contributed by atoms with Gasteiger partial charge >= 0.3 is 0 Å². The maximum atomic E-state index is 11.4. The molecule has 1 aromatic heterocycles. The number of nitrogens with zero attached hydrogens (tertiary/aromatic N) is 2. The molecule has 0 radical (unpaired) electrons. The van der Waals surface area contributed by atoms with Crippen molar-refractivity contribution in [1.29, 1.82) is 0 Å². The van der Waals surface area contributed by atoms with Crippen LogP contribution in [-0.4, -0.2) is 35.7 Å². The van der Waals surface area contributed by atoms with Crippen LogP contribution in [0.5, 0.6) is 0 Å². The second kappa shape index (κ2) is 3.58. The van der Waals surface area contributed by atoms with Gasteiger partial charge in [-0.05, 0) is 25.5 Å². The van der Waals surface area contributed by atoms with Crippen molar-refractivity contribution in [2.45, 2.75) is 18.9 Å². The predicted octanol–water partition coefficient (Wildman–Crippen LogP) is 0.0479. The number of hydrogen-bond acceptors (Lipinski definition) is 6. The van der Waals surface area contributed by atoms with Gasteiger partial charge in [0.05, 0.1) is 17.0 Å². The summed E-state index contributed by atoms with van der Waals surface area (Å²) in [7, 11) is -2.92. The molecule has 1 aliphatic heterocycles. The summed E-state index contributed by atoms with van der Waals surface area (Å²) in [4.78, 5) is 0. The van der Waals surface area contributed by atoms with E-state index in [4.69, 9.17) is 5.73 Å². The van der Waals surface area contributed by atoms with Gasteiger partial charge in [0.25, 0.3) is 0 Å². The van der Waals surface area contributed by atoms with Gasteiger partial charge in [-0.15, -0.1) is 10.2 Å². The van der Waals surface area contributed by atoms with Gasteiger partial charge in [-0.25, -0.2) is 8.42 Å². The lowest BCUT2D eigenvalue weighted by atomic mass is 10.0. The maximum absolute atomic E-state index is 11.4. The molecule has 0 aromatic carbocycles. The first-order valence-corrected chi connectivity index (χ1v) is 6.79. The third-order valence-corrected chi connectivity index (χ3v) is 4.52. The summed E-state index contributed by atoms with van der Waals surface area (Å²) in [6.45, 7) is 1.87. The van der Waals surface area contributed by atoms with E-state index in [0.29, 0.717) is 18.1 Å². The fourth-order valence-corrected chi connectivity index (χ4v) is 3.92. The highest BCUT2D eigenvalue weighted by Gasteiger charge is 2.38. The molecule has 1 fully saturated rings. The van der Waals surface area contributed by atoms with Crippen molar-refractivity contribution in [3.8, 4) is 0 Å².